The lowest BCUT2D eigenvalue weighted by Gasteiger charge is -2.38. The van der Waals surface area contributed by atoms with E-state index in [0.717, 1.165) is 59.5 Å². The van der Waals surface area contributed by atoms with Gasteiger partial charge in [-0.1, -0.05) is 49.7 Å². The number of rotatable bonds is 6. The summed E-state index contributed by atoms with van der Waals surface area (Å²) in [5.74, 6) is 1.74. The highest BCUT2D eigenvalue weighted by atomic mass is 35.5. The van der Waals surface area contributed by atoms with Crippen LogP contribution in [0, 0.1) is 10.8 Å². The van der Waals surface area contributed by atoms with E-state index in [0.29, 0.717) is 18.2 Å². The summed E-state index contributed by atoms with van der Waals surface area (Å²) < 4.78 is 23.6. The molecule has 0 amide bonds. The normalized spacial score (nSPS) is 19.6. The van der Waals surface area contributed by atoms with Crippen molar-refractivity contribution in [1.29, 1.82) is 0 Å². The SMILES string of the molecule is CC1(COc2c3ccccc3c(OCC3(C)COC3)c3cc(Cl)ccc23)COC1. The van der Waals surface area contributed by atoms with Gasteiger partial charge in [-0.05, 0) is 18.2 Å². The predicted octanol–water partition coefficient (Wildman–Crippen LogP) is 5.48. The van der Waals surface area contributed by atoms with Gasteiger partial charge in [-0.3, -0.25) is 0 Å². The second kappa shape index (κ2) is 7.05. The van der Waals surface area contributed by atoms with Crippen LogP contribution in [0.15, 0.2) is 42.5 Å². The lowest BCUT2D eigenvalue weighted by atomic mass is 9.89. The summed E-state index contributed by atoms with van der Waals surface area (Å²) in [5.41, 5.74) is 0.119. The maximum absolute atomic E-state index is 6.41. The molecular weight excluding hydrogens is 388 g/mol. The summed E-state index contributed by atoms with van der Waals surface area (Å²) in [4.78, 5) is 0. The molecule has 0 saturated carbocycles. The molecule has 3 aromatic carbocycles. The highest BCUT2D eigenvalue weighted by Gasteiger charge is 2.36. The Morgan fingerprint density at radius 2 is 1.24 bits per heavy atom. The van der Waals surface area contributed by atoms with Crippen LogP contribution >= 0.6 is 11.6 Å². The maximum atomic E-state index is 6.41. The molecule has 0 aliphatic carbocycles. The van der Waals surface area contributed by atoms with E-state index in [2.05, 4.69) is 26.0 Å². The second-order valence-corrected chi connectivity index (χ2v) is 9.51. The lowest BCUT2D eigenvalue weighted by Crippen LogP contribution is -2.44. The van der Waals surface area contributed by atoms with E-state index < -0.39 is 0 Å². The van der Waals surface area contributed by atoms with E-state index in [1.54, 1.807) is 0 Å². The van der Waals surface area contributed by atoms with Crippen LogP contribution in [-0.2, 0) is 9.47 Å². The highest BCUT2D eigenvalue weighted by molar-refractivity contribution is 6.31. The monoisotopic (exact) mass is 412 g/mol. The zero-order valence-electron chi connectivity index (χ0n) is 16.8. The Balaban J connectivity index is 1.63. The van der Waals surface area contributed by atoms with Crippen molar-refractivity contribution in [1.82, 2.24) is 0 Å². The van der Waals surface area contributed by atoms with Gasteiger partial charge in [0.1, 0.15) is 11.5 Å². The molecule has 4 nitrogen and oxygen atoms in total. The van der Waals surface area contributed by atoms with Crippen LogP contribution in [0.2, 0.25) is 5.02 Å². The van der Waals surface area contributed by atoms with Gasteiger partial charge < -0.3 is 18.9 Å². The van der Waals surface area contributed by atoms with E-state index in [1.165, 1.54) is 0 Å². The molecule has 0 atom stereocenters. The third kappa shape index (κ3) is 3.43. The standard InChI is InChI=1S/C24H25ClO4/c1-23(10-26-11-23)14-28-21-17-5-3-4-6-18(17)22(29-15-24(2)12-27-13-24)20-9-16(25)7-8-19(20)21/h3-9H,10-15H2,1-2H3. The Hall–Kier alpha value is -2.01. The third-order valence-corrected chi connectivity index (χ3v) is 6.05. The summed E-state index contributed by atoms with van der Waals surface area (Å²) in [5, 5.41) is 4.76. The predicted molar refractivity (Wildman–Crippen MR) is 115 cm³/mol. The van der Waals surface area contributed by atoms with Crippen molar-refractivity contribution in [2.24, 2.45) is 10.8 Å². The average molecular weight is 413 g/mol. The maximum Gasteiger partial charge on any atom is 0.135 e. The molecule has 3 aromatic rings. The van der Waals surface area contributed by atoms with Gasteiger partial charge in [-0.15, -0.1) is 0 Å². The molecule has 5 heteroatoms. The van der Waals surface area contributed by atoms with Gasteiger partial charge in [-0.25, -0.2) is 0 Å². The zero-order valence-corrected chi connectivity index (χ0v) is 17.6. The summed E-state index contributed by atoms with van der Waals surface area (Å²) in [7, 11) is 0. The number of benzene rings is 3. The lowest BCUT2D eigenvalue weighted by molar-refractivity contribution is -0.120. The number of hydrogen-bond donors (Lipinski definition) is 0. The van der Waals surface area contributed by atoms with Crippen molar-refractivity contribution >= 4 is 33.1 Å². The van der Waals surface area contributed by atoms with E-state index in [-0.39, 0.29) is 10.8 Å². The molecule has 2 heterocycles. The first-order valence-corrected chi connectivity index (χ1v) is 10.4. The largest absolute Gasteiger partial charge is 0.492 e. The second-order valence-electron chi connectivity index (χ2n) is 9.08. The van der Waals surface area contributed by atoms with Crippen LogP contribution in [0.25, 0.3) is 21.5 Å². The van der Waals surface area contributed by atoms with Crippen LogP contribution in [0.1, 0.15) is 13.8 Å². The molecule has 0 N–H and O–H groups in total. The van der Waals surface area contributed by atoms with E-state index in [9.17, 15) is 0 Å². The number of hydrogen-bond acceptors (Lipinski definition) is 4. The quantitative estimate of drug-likeness (QED) is 0.502. The smallest absolute Gasteiger partial charge is 0.135 e. The number of halogens is 1. The Bertz CT molecular complexity index is 1070. The van der Waals surface area contributed by atoms with Crippen molar-refractivity contribution < 1.29 is 18.9 Å². The van der Waals surface area contributed by atoms with Crippen molar-refractivity contribution in [3.8, 4) is 11.5 Å². The van der Waals surface area contributed by atoms with Crippen LogP contribution in [0.3, 0.4) is 0 Å². The average Bonchev–Trinajstić information content (AvgIpc) is 2.67. The summed E-state index contributed by atoms with van der Waals surface area (Å²) in [6, 6.07) is 14.2. The molecule has 2 aliphatic rings. The molecule has 5 rings (SSSR count). The summed E-state index contributed by atoms with van der Waals surface area (Å²) in [6.07, 6.45) is 0. The van der Waals surface area contributed by atoms with E-state index >= 15 is 0 Å². The van der Waals surface area contributed by atoms with Crippen molar-refractivity contribution in [2.45, 2.75) is 13.8 Å². The molecule has 152 valence electrons. The van der Waals surface area contributed by atoms with Gasteiger partial charge in [-0.2, -0.15) is 0 Å². The van der Waals surface area contributed by atoms with Gasteiger partial charge in [0.2, 0.25) is 0 Å². The summed E-state index contributed by atoms with van der Waals surface area (Å²) >= 11 is 6.37. The molecule has 0 spiro atoms. The minimum Gasteiger partial charge on any atom is -0.492 e. The van der Waals surface area contributed by atoms with Crippen LogP contribution in [-0.4, -0.2) is 39.6 Å². The van der Waals surface area contributed by atoms with Gasteiger partial charge in [0.25, 0.3) is 0 Å². The number of fused-ring (bicyclic) bond motifs is 2. The Labute approximate surface area is 175 Å². The van der Waals surface area contributed by atoms with Crippen molar-refractivity contribution in [3.05, 3.63) is 47.5 Å². The molecule has 29 heavy (non-hydrogen) atoms. The fourth-order valence-corrected chi connectivity index (χ4v) is 4.12. The molecule has 0 aromatic heterocycles. The molecule has 2 fully saturated rings. The molecule has 0 unspecified atom stereocenters. The van der Waals surface area contributed by atoms with E-state index in [1.807, 2.05) is 30.3 Å². The Morgan fingerprint density at radius 3 is 1.72 bits per heavy atom. The molecule has 2 aliphatic heterocycles. The zero-order chi connectivity index (χ0) is 20.1. The van der Waals surface area contributed by atoms with Crippen molar-refractivity contribution in [2.75, 3.05) is 39.6 Å². The van der Waals surface area contributed by atoms with Gasteiger partial charge in [0.05, 0.1) is 39.6 Å². The first-order chi connectivity index (χ1) is 14.0. The van der Waals surface area contributed by atoms with Gasteiger partial charge in [0, 0.05) is 37.4 Å². The Kier molecular flexibility index (Phi) is 4.61. The minimum absolute atomic E-state index is 0.0555. The fourth-order valence-electron chi connectivity index (χ4n) is 3.94. The van der Waals surface area contributed by atoms with E-state index in [4.69, 9.17) is 30.5 Å². The summed E-state index contributed by atoms with van der Waals surface area (Å²) in [6.45, 7) is 8.52. The first kappa shape index (κ1) is 19.0. The molecule has 0 radical (unpaired) electrons. The van der Waals surface area contributed by atoms with Crippen LogP contribution in [0.4, 0.5) is 0 Å². The highest BCUT2D eigenvalue weighted by Crippen LogP contribution is 2.45. The van der Waals surface area contributed by atoms with Crippen LogP contribution in [0.5, 0.6) is 11.5 Å². The third-order valence-electron chi connectivity index (χ3n) is 5.82. The molecular formula is C24H25ClO4. The van der Waals surface area contributed by atoms with Crippen LogP contribution < -0.4 is 9.47 Å². The Morgan fingerprint density at radius 1 is 0.759 bits per heavy atom. The van der Waals surface area contributed by atoms with Crippen molar-refractivity contribution in [3.63, 3.8) is 0 Å². The molecule has 2 saturated heterocycles. The van der Waals surface area contributed by atoms with Gasteiger partial charge >= 0.3 is 0 Å². The van der Waals surface area contributed by atoms with Gasteiger partial charge in [0.15, 0.2) is 0 Å². The topological polar surface area (TPSA) is 36.9 Å². The first-order valence-electron chi connectivity index (χ1n) is 10.0. The molecule has 0 bridgehead atoms. The fraction of sp³-hybridized carbons (Fsp3) is 0.417. The number of ether oxygens (including phenoxy) is 4. The minimum atomic E-state index is 0.0555.